The Bertz CT molecular complexity index is 1060. The summed E-state index contributed by atoms with van der Waals surface area (Å²) in [5.74, 6) is -1.06. The van der Waals surface area contributed by atoms with Gasteiger partial charge in [0.05, 0.1) is 23.7 Å². The van der Waals surface area contributed by atoms with E-state index in [1.54, 1.807) is 29.1 Å². The minimum Gasteiger partial charge on any atom is -0.365 e. The summed E-state index contributed by atoms with van der Waals surface area (Å²) in [5.41, 5.74) is 7.11. The molecule has 10 heteroatoms. The number of nitriles is 1. The van der Waals surface area contributed by atoms with Crippen LogP contribution in [-0.2, 0) is 6.54 Å². The number of nitrogens with zero attached hydrogens (tertiary/aromatic N) is 5. The first-order chi connectivity index (χ1) is 14.5. The molecule has 1 fully saturated rings. The van der Waals surface area contributed by atoms with Gasteiger partial charge in [-0.25, -0.2) is 4.39 Å². The molecular weight excluding hydrogens is 389 g/mol. The lowest BCUT2D eigenvalue weighted by molar-refractivity contribution is 0.100. The van der Waals surface area contributed by atoms with Gasteiger partial charge < -0.3 is 15.6 Å². The third kappa shape index (κ3) is 4.16. The van der Waals surface area contributed by atoms with E-state index in [4.69, 9.17) is 10.3 Å². The minimum absolute atomic E-state index is 0.203. The van der Waals surface area contributed by atoms with Crippen LogP contribution in [0.15, 0.2) is 47.3 Å². The standard InChI is InChI=1S/C20H20FN7O2/c21-14-1-3-15(4-2-14)24-20-17(19(23)29)12-28(25-20)18-5-7-27(10-13(18)9-22)11-16-6-8-30-26-16/h1-4,6,8,12-13,18H,5,7,10-11H2,(H2,23,29)(H,24,25)/t13-,18+/m1/s1. The van der Waals surface area contributed by atoms with Gasteiger partial charge in [-0.2, -0.15) is 10.4 Å². The van der Waals surface area contributed by atoms with Gasteiger partial charge >= 0.3 is 0 Å². The van der Waals surface area contributed by atoms with Crippen molar-refractivity contribution < 1.29 is 13.7 Å². The Labute approximate surface area is 171 Å². The smallest absolute Gasteiger partial charge is 0.254 e. The average molecular weight is 409 g/mol. The largest absolute Gasteiger partial charge is 0.365 e. The lowest BCUT2D eigenvalue weighted by Crippen LogP contribution is -2.40. The molecule has 2 atom stereocenters. The fraction of sp³-hybridized carbons (Fsp3) is 0.300. The van der Waals surface area contributed by atoms with Crippen LogP contribution in [0, 0.1) is 23.1 Å². The zero-order chi connectivity index (χ0) is 21.1. The fourth-order valence-electron chi connectivity index (χ4n) is 3.65. The predicted molar refractivity (Wildman–Crippen MR) is 105 cm³/mol. The number of piperidine rings is 1. The number of carbonyl (C=O) groups excluding carboxylic acids is 1. The maximum absolute atomic E-state index is 13.1. The number of aromatic nitrogens is 3. The van der Waals surface area contributed by atoms with Crippen molar-refractivity contribution in [3.8, 4) is 6.07 Å². The molecular formula is C20H20FN7O2. The molecule has 2 aromatic heterocycles. The summed E-state index contributed by atoms with van der Waals surface area (Å²) in [7, 11) is 0. The Morgan fingerprint density at radius 1 is 1.37 bits per heavy atom. The van der Waals surface area contributed by atoms with E-state index in [0.29, 0.717) is 25.2 Å². The first-order valence-electron chi connectivity index (χ1n) is 9.46. The van der Waals surface area contributed by atoms with Gasteiger partial charge in [0, 0.05) is 37.6 Å². The van der Waals surface area contributed by atoms with Crippen molar-refractivity contribution in [3.63, 3.8) is 0 Å². The fourth-order valence-corrected chi connectivity index (χ4v) is 3.65. The number of hydrogen-bond donors (Lipinski definition) is 2. The Kier molecular flexibility index (Phi) is 5.45. The number of nitrogens with one attached hydrogen (secondary N) is 1. The third-order valence-corrected chi connectivity index (χ3v) is 5.15. The van der Waals surface area contributed by atoms with Crippen LogP contribution in [0.4, 0.5) is 15.9 Å². The van der Waals surface area contributed by atoms with Crippen LogP contribution in [0.1, 0.15) is 28.5 Å². The van der Waals surface area contributed by atoms with Crippen LogP contribution in [0.25, 0.3) is 0 Å². The number of rotatable bonds is 6. The third-order valence-electron chi connectivity index (χ3n) is 5.15. The van der Waals surface area contributed by atoms with Crippen molar-refractivity contribution in [1.29, 1.82) is 5.26 Å². The van der Waals surface area contributed by atoms with Gasteiger partial charge in [0.2, 0.25) is 0 Å². The van der Waals surface area contributed by atoms with E-state index in [2.05, 4.69) is 26.5 Å². The van der Waals surface area contributed by atoms with Crippen LogP contribution in [0.5, 0.6) is 0 Å². The SMILES string of the molecule is N#C[C@@H]1CN(Cc2ccon2)CC[C@@H]1n1cc(C(N)=O)c(Nc2ccc(F)cc2)n1. The molecule has 1 saturated heterocycles. The van der Waals surface area contributed by atoms with Crippen LogP contribution in [0.3, 0.4) is 0 Å². The van der Waals surface area contributed by atoms with Gasteiger partial charge in [-0.15, -0.1) is 0 Å². The summed E-state index contributed by atoms with van der Waals surface area (Å²) in [5, 5.41) is 21.1. The van der Waals surface area contributed by atoms with Crippen molar-refractivity contribution in [3.05, 3.63) is 59.9 Å². The van der Waals surface area contributed by atoms with Crippen molar-refractivity contribution in [2.75, 3.05) is 18.4 Å². The molecule has 0 saturated carbocycles. The van der Waals surface area contributed by atoms with E-state index in [9.17, 15) is 14.4 Å². The predicted octanol–water partition coefficient (Wildman–Crippen LogP) is 2.44. The monoisotopic (exact) mass is 409 g/mol. The summed E-state index contributed by atoms with van der Waals surface area (Å²) >= 11 is 0. The Morgan fingerprint density at radius 2 is 2.17 bits per heavy atom. The highest BCUT2D eigenvalue weighted by atomic mass is 19.1. The molecule has 1 aliphatic heterocycles. The molecule has 3 heterocycles. The molecule has 3 N–H and O–H groups in total. The number of amides is 1. The van der Waals surface area contributed by atoms with E-state index in [1.807, 2.05) is 0 Å². The van der Waals surface area contributed by atoms with E-state index in [0.717, 1.165) is 12.2 Å². The first kappa shape index (κ1) is 19.6. The molecule has 3 aromatic rings. The van der Waals surface area contributed by atoms with Crippen LogP contribution >= 0.6 is 0 Å². The van der Waals surface area contributed by atoms with Crippen molar-refractivity contribution >= 4 is 17.4 Å². The van der Waals surface area contributed by atoms with E-state index < -0.39 is 5.91 Å². The van der Waals surface area contributed by atoms with Gasteiger partial charge in [-0.05, 0) is 30.7 Å². The molecule has 0 unspecified atom stereocenters. The molecule has 0 spiro atoms. The van der Waals surface area contributed by atoms with Crippen molar-refractivity contribution in [2.45, 2.75) is 19.0 Å². The molecule has 0 aliphatic carbocycles. The highest BCUT2D eigenvalue weighted by Gasteiger charge is 2.32. The molecule has 0 bridgehead atoms. The molecule has 1 amide bonds. The van der Waals surface area contributed by atoms with E-state index in [1.165, 1.54) is 18.4 Å². The van der Waals surface area contributed by atoms with Gasteiger partial charge in [0.25, 0.3) is 5.91 Å². The highest BCUT2D eigenvalue weighted by molar-refractivity contribution is 5.98. The maximum Gasteiger partial charge on any atom is 0.254 e. The number of primary amides is 1. The summed E-state index contributed by atoms with van der Waals surface area (Å²) < 4.78 is 19.6. The quantitative estimate of drug-likeness (QED) is 0.640. The number of nitrogens with two attached hydrogens (primary N) is 1. The molecule has 4 rings (SSSR count). The zero-order valence-electron chi connectivity index (χ0n) is 16.0. The number of anilines is 2. The lowest BCUT2D eigenvalue weighted by Gasteiger charge is -2.34. The number of likely N-dealkylation sites (tertiary alicyclic amines) is 1. The molecule has 30 heavy (non-hydrogen) atoms. The number of hydrogen-bond acceptors (Lipinski definition) is 7. The summed E-state index contributed by atoms with van der Waals surface area (Å²) in [4.78, 5) is 14.1. The van der Waals surface area contributed by atoms with Gasteiger partial charge in [-0.3, -0.25) is 14.4 Å². The average Bonchev–Trinajstić information content (AvgIpc) is 3.39. The van der Waals surface area contributed by atoms with Crippen LogP contribution in [0.2, 0.25) is 0 Å². The molecule has 0 radical (unpaired) electrons. The van der Waals surface area contributed by atoms with Gasteiger partial charge in [0.15, 0.2) is 5.82 Å². The number of benzene rings is 1. The first-order valence-corrected chi connectivity index (χ1v) is 9.46. The van der Waals surface area contributed by atoms with Gasteiger partial charge in [-0.1, -0.05) is 5.16 Å². The maximum atomic E-state index is 13.1. The highest BCUT2D eigenvalue weighted by Crippen LogP contribution is 2.30. The van der Waals surface area contributed by atoms with Gasteiger partial charge in [0.1, 0.15) is 17.6 Å². The normalized spacial score (nSPS) is 19.3. The second kappa shape index (κ2) is 8.34. The Morgan fingerprint density at radius 3 is 2.83 bits per heavy atom. The Hall–Kier alpha value is -3.71. The molecule has 1 aliphatic rings. The molecule has 9 nitrogen and oxygen atoms in total. The molecule has 154 valence electrons. The van der Waals surface area contributed by atoms with Crippen molar-refractivity contribution in [2.24, 2.45) is 11.7 Å². The number of carbonyl (C=O) groups is 1. The molecule has 1 aromatic carbocycles. The second-order valence-electron chi connectivity index (χ2n) is 7.19. The minimum atomic E-state index is -0.636. The Balaban J connectivity index is 1.53. The topological polar surface area (TPSA) is 126 Å². The summed E-state index contributed by atoms with van der Waals surface area (Å²) in [6.45, 7) is 1.88. The second-order valence-corrected chi connectivity index (χ2v) is 7.19. The van der Waals surface area contributed by atoms with Crippen LogP contribution < -0.4 is 11.1 Å². The summed E-state index contributed by atoms with van der Waals surface area (Å²) in [6.07, 6.45) is 3.76. The van der Waals surface area contributed by atoms with Crippen LogP contribution in [-0.4, -0.2) is 38.8 Å². The lowest BCUT2D eigenvalue weighted by atomic mass is 9.93. The van der Waals surface area contributed by atoms with Crippen molar-refractivity contribution in [1.82, 2.24) is 19.8 Å². The zero-order valence-corrected chi connectivity index (χ0v) is 16.0. The number of halogens is 1. The van der Waals surface area contributed by atoms with E-state index in [-0.39, 0.29) is 29.2 Å². The van der Waals surface area contributed by atoms with E-state index >= 15 is 0 Å². The summed E-state index contributed by atoms with van der Waals surface area (Å²) in [6, 6.07) is 9.64.